The summed E-state index contributed by atoms with van der Waals surface area (Å²) in [5.41, 5.74) is 3.03. The predicted molar refractivity (Wildman–Crippen MR) is 70.1 cm³/mol. The van der Waals surface area contributed by atoms with E-state index in [0.29, 0.717) is 6.61 Å². The second kappa shape index (κ2) is 4.15. The second-order valence-electron chi connectivity index (χ2n) is 5.53. The number of carbonyl (C=O) groups is 1. The molecule has 0 aromatic heterocycles. The van der Waals surface area contributed by atoms with Crippen LogP contribution in [0.1, 0.15) is 36.0 Å². The highest BCUT2D eigenvalue weighted by Gasteiger charge is 2.50. The molecule has 0 bridgehead atoms. The van der Waals surface area contributed by atoms with Gasteiger partial charge < -0.3 is 14.6 Å². The molecule has 1 fully saturated rings. The zero-order valence-electron chi connectivity index (χ0n) is 11.3. The minimum Gasteiger partial charge on any atom is -0.496 e. The van der Waals surface area contributed by atoms with Gasteiger partial charge in [-0.05, 0) is 31.4 Å². The SMILES string of the molecule is COc1c(C)cc2c(c1C1(CC(=O)O)CC1)CCO2. The lowest BCUT2D eigenvalue weighted by atomic mass is 9.85. The summed E-state index contributed by atoms with van der Waals surface area (Å²) >= 11 is 0. The summed E-state index contributed by atoms with van der Waals surface area (Å²) in [5, 5.41) is 9.16. The molecule has 2 aliphatic rings. The molecule has 4 heteroatoms. The third-order valence-corrected chi connectivity index (χ3v) is 4.22. The minimum absolute atomic E-state index is 0.180. The maximum absolute atomic E-state index is 11.1. The van der Waals surface area contributed by atoms with Crippen LogP contribution >= 0.6 is 0 Å². The van der Waals surface area contributed by atoms with E-state index in [0.717, 1.165) is 47.5 Å². The molecule has 3 rings (SSSR count). The summed E-state index contributed by atoms with van der Waals surface area (Å²) in [6, 6.07) is 2.00. The van der Waals surface area contributed by atoms with Crippen molar-refractivity contribution in [3.63, 3.8) is 0 Å². The molecule has 4 nitrogen and oxygen atoms in total. The van der Waals surface area contributed by atoms with Crippen LogP contribution < -0.4 is 9.47 Å². The van der Waals surface area contributed by atoms with Crippen LogP contribution in [0.4, 0.5) is 0 Å². The lowest BCUT2D eigenvalue weighted by Crippen LogP contribution is -2.16. The van der Waals surface area contributed by atoms with Crippen LogP contribution in [0.3, 0.4) is 0 Å². The maximum atomic E-state index is 11.1. The minimum atomic E-state index is -0.742. The van der Waals surface area contributed by atoms with Gasteiger partial charge in [-0.1, -0.05) is 0 Å². The van der Waals surface area contributed by atoms with E-state index in [-0.39, 0.29) is 11.8 Å². The Kier molecular flexibility index (Phi) is 2.69. The molecule has 102 valence electrons. The van der Waals surface area contributed by atoms with Crippen molar-refractivity contribution in [3.8, 4) is 11.5 Å². The van der Waals surface area contributed by atoms with E-state index in [1.54, 1.807) is 7.11 Å². The fourth-order valence-corrected chi connectivity index (χ4v) is 3.23. The molecule has 19 heavy (non-hydrogen) atoms. The molecule has 0 atom stereocenters. The normalized spacial score (nSPS) is 18.6. The number of ether oxygens (including phenoxy) is 2. The highest BCUT2D eigenvalue weighted by Crippen LogP contribution is 2.57. The second-order valence-corrected chi connectivity index (χ2v) is 5.53. The standard InChI is InChI=1S/C15H18O4/c1-9-7-11-10(3-6-19-11)13(14(9)18-2)15(4-5-15)8-12(16)17/h7H,3-6,8H2,1-2H3,(H,16,17). The van der Waals surface area contributed by atoms with Gasteiger partial charge in [0.05, 0.1) is 20.1 Å². The predicted octanol–water partition coefficient (Wildman–Crippen LogP) is 2.44. The first kappa shape index (κ1) is 12.3. The van der Waals surface area contributed by atoms with Crippen LogP contribution in [0.15, 0.2) is 6.07 Å². The summed E-state index contributed by atoms with van der Waals surface area (Å²) in [4.78, 5) is 11.1. The maximum Gasteiger partial charge on any atom is 0.304 e. The van der Waals surface area contributed by atoms with Gasteiger partial charge in [0, 0.05) is 23.0 Å². The highest BCUT2D eigenvalue weighted by atomic mass is 16.5. The van der Waals surface area contributed by atoms with Crippen molar-refractivity contribution in [1.29, 1.82) is 0 Å². The van der Waals surface area contributed by atoms with Gasteiger partial charge in [-0.15, -0.1) is 0 Å². The third-order valence-electron chi connectivity index (χ3n) is 4.22. The van der Waals surface area contributed by atoms with Crippen molar-refractivity contribution in [2.75, 3.05) is 13.7 Å². The third kappa shape index (κ3) is 1.86. The first-order valence-electron chi connectivity index (χ1n) is 6.63. The summed E-state index contributed by atoms with van der Waals surface area (Å²) in [6.07, 6.45) is 2.87. The Bertz CT molecular complexity index is 540. The summed E-state index contributed by atoms with van der Waals surface area (Å²) in [6.45, 7) is 2.67. The Morgan fingerprint density at radius 1 is 1.53 bits per heavy atom. The number of hydrogen-bond acceptors (Lipinski definition) is 3. The number of carboxylic acids is 1. The van der Waals surface area contributed by atoms with Gasteiger partial charge in [0.25, 0.3) is 0 Å². The van der Waals surface area contributed by atoms with Crippen molar-refractivity contribution < 1.29 is 19.4 Å². The molecular weight excluding hydrogens is 244 g/mol. The van der Waals surface area contributed by atoms with E-state index in [9.17, 15) is 4.79 Å². The smallest absolute Gasteiger partial charge is 0.304 e. The van der Waals surface area contributed by atoms with Crippen molar-refractivity contribution >= 4 is 5.97 Å². The largest absolute Gasteiger partial charge is 0.496 e. The van der Waals surface area contributed by atoms with Crippen molar-refractivity contribution in [1.82, 2.24) is 0 Å². The first-order valence-corrected chi connectivity index (χ1v) is 6.63. The Morgan fingerprint density at radius 2 is 2.26 bits per heavy atom. The van der Waals surface area contributed by atoms with Gasteiger partial charge in [0.1, 0.15) is 11.5 Å². The van der Waals surface area contributed by atoms with Crippen LogP contribution in [0.2, 0.25) is 0 Å². The number of fused-ring (bicyclic) bond motifs is 1. The lowest BCUT2D eigenvalue weighted by Gasteiger charge is -2.22. The van der Waals surface area contributed by atoms with Crippen LogP contribution in [0, 0.1) is 6.92 Å². The van der Waals surface area contributed by atoms with Crippen LogP contribution in [0.5, 0.6) is 11.5 Å². The van der Waals surface area contributed by atoms with Crippen molar-refractivity contribution in [2.24, 2.45) is 0 Å². The van der Waals surface area contributed by atoms with E-state index < -0.39 is 5.97 Å². The van der Waals surface area contributed by atoms with E-state index in [1.165, 1.54) is 0 Å². The van der Waals surface area contributed by atoms with E-state index in [4.69, 9.17) is 14.6 Å². The molecule has 1 heterocycles. The zero-order valence-corrected chi connectivity index (χ0v) is 11.3. The quantitative estimate of drug-likeness (QED) is 0.905. The van der Waals surface area contributed by atoms with Crippen LogP contribution in [-0.4, -0.2) is 24.8 Å². The first-order chi connectivity index (χ1) is 9.07. The van der Waals surface area contributed by atoms with Gasteiger partial charge in [0.2, 0.25) is 0 Å². The Balaban J connectivity index is 2.16. The molecule has 1 aromatic rings. The van der Waals surface area contributed by atoms with E-state index in [1.807, 2.05) is 13.0 Å². The van der Waals surface area contributed by atoms with Gasteiger partial charge in [-0.3, -0.25) is 4.79 Å². The molecule has 0 spiro atoms. The van der Waals surface area contributed by atoms with E-state index in [2.05, 4.69) is 0 Å². The van der Waals surface area contributed by atoms with Crippen molar-refractivity contribution in [2.45, 2.75) is 38.0 Å². The monoisotopic (exact) mass is 262 g/mol. The summed E-state index contributed by atoms with van der Waals surface area (Å²) in [7, 11) is 1.66. The summed E-state index contributed by atoms with van der Waals surface area (Å²) in [5.74, 6) is 1.02. The number of aliphatic carboxylic acids is 1. The average molecular weight is 262 g/mol. The number of aryl methyl sites for hydroxylation is 1. The Morgan fingerprint density at radius 3 is 2.84 bits per heavy atom. The molecule has 0 saturated heterocycles. The van der Waals surface area contributed by atoms with Gasteiger partial charge in [-0.25, -0.2) is 0 Å². The molecule has 0 radical (unpaired) electrons. The number of hydrogen-bond donors (Lipinski definition) is 1. The molecule has 1 aliphatic heterocycles. The molecule has 1 aliphatic carbocycles. The summed E-state index contributed by atoms with van der Waals surface area (Å²) < 4.78 is 11.2. The molecule has 1 saturated carbocycles. The molecular formula is C15H18O4. The number of methoxy groups -OCH3 is 1. The molecule has 0 unspecified atom stereocenters. The number of rotatable bonds is 4. The van der Waals surface area contributed by atoms with Gasteiger partial charge in [-0.2, -0.15) is 0 Å². The Hall–Kier alpha value is -1.71. The average Bonchev–Trinajstić information content (AvgIpc) is 2.96. The topological polar surface area (TPSA) is 55.8 Å². The Labute approximate surface area is 112 Å². The van der Waals surface area contributed by atoms with E-state index >= 15 is 0 Å². The van der Waals surface area contributed by atoms with Crippen molar-refractivity contribution in [3.05, 3.63) is 22.8 Å². The number of carboxylic acid groups (broad SMARTS) is 1. The number of benzene rings is 1. The van der Waals surface area contributed by atoms with Gasteiger partial charge >= 0.3 is 5.97 Å². The van der Waals surface area contributed by atoms with Crippen LogP contribution in [-0.2, 0) is 16.6 Å². The zero-order chi connectivity index (χ0) is 13.6. The lowest BCUT2D eigenvalue weighted by molar-refractivity contribution is -0.137. The molecule has 1 aromatic carbocycles. The fourth-order valence-electron chi connectivity index (χ4n) is 3.23. The fraction of sp³-hybridized carbons (Fsp3) is 0.533. The van der Waals surface area contributed by atoms with Crippen LogP contribution in [0.25, 0.3) is 0 Å². The molecule has 0 amide bonds. The van der Waals surface area contributed by atoms with Gasteiger partial charge in [0.15, 0.2) is 0 Å². The highest BCUT2D eigenvalue weighted by molar-refractivity contribution is 5.72. The molecule has 1 N–H and O–H groups in total.